The maximum Gasteiger partial charge on any atom is 0.141 e. The Kier molecular flexibility index (Phi) is 3.56. The third-order valence-electron chi connectivity index (χ3n) is 5.93. The van der Waals surface area contributed by atoms with Gasteiger partial charge >= 0.3 is 0 Å². The lowest BCUT2D eigenvalue weighted by molar-refractivity contribution is 0.331. The summed E-state index contributed by atoms with van der Waals surface area (Å²) in [6, 6.07) is 13.0. The molecule has 0 bridgehead atoms. The fourth-order valence-corrected chi connectivity index (χ4v) is 5.09. The largest absolute Gasteiger partial charge is 0.317 e. The highest BCUT2D eigenvalue weighted by Gasteiger charge is 2.46. The molecule has 126 valence electrons. The first-order valence-electron chi connectivity index (χ1n) is 9.05. The fourth-order valence-electron chi connectivity index (χ4n) is 4.85. The number of aromatic nitrogens is 3. The molecule has 1 aliphatic carbocycles. The average molecular weight is 394 g/mol. The van der Waals surface area contributed by atoms with E-state index in [-0.39, 0.29) is 5.54 Å². The molecule has 0 amide bonds. The van der Waals surface area contributed by atoms with Crippen molar-refractivity contribution in [2.24, 2.45) is 5.92 Å². The van der Waals surface area contributed by atoms with Crippen LogP contribution in [0.4, 0.5) is 0 Å². The van der Waals surface area contributed by atoms with Crippen LogP contribution in [0.1, 0.15) is 43.2 Å². The van der Waals surface area contributed by atoms with Crippen LogP contribution in [0.15, 0.2) is 59.6 Å². The molecule has 0 unspecified atom stereocenters. The zero-order valence-corrected chi connectivity index (χ0v) is 15.6. The Balaban J connectivity index is 1.77. The standard InChI is InChI=1S/C21H20BrN3/c22-19-10-9-16(14-24-19)21(13-15-5-1-2-6-15)18-8-4-3-7-17(18)20-23-11-12-25(20)21/h3-4,7-12,14-15H,1-2,5-6,13H2/t21-/m0/s1. The summed E-state index contributed by atoms with van der Waals surface area (Å²) in [5.41, 5.74) is 3.69. The predicted molar refractivity (Wildman–Crippen MR) is 102 cm³/mol. The number of hydrogen-bond donors (Lipinski definition) is 0. The van der Waals surface area contributed by atoms with Crippen molar-refractivity contribution in [2.75, 3.05) is 0 Å². The average Bonchev–Trinajstić information content (AvgIpc) is 3.36. The Hall–Kier alpha value is -1.94. The third kappa shape index (κ3) is 2.23. The number of imidazole rings is 1. The minimum atomic E-state index is -0.189. The van der Waals surface area contributed by atoms with E-state index in [0.29, 0.717) is 0 Å². The molecule has 3 nitrogen and oxygen atoms in total. The number of halogens is 1. The third-order valence-corrected chi connectivity index (χ3v) is 6.40. The van der Waals surface area contributed by atoms with Crippen LogP contribution in [0.3, 0.4) is 0 Å². The van der Waals surface area contributed by atoms with Crippen molar-refractivity contribution in [3.63, 3.8) is 0 Å². The van der Waals surface area contributed by atoms with Gasteiger partial charge in [0.1, 0.15) is 10.4 Å². The zero-order chi connectivity index (χ0) is 16.9. The molecule has 1 saturated carbocycles. The molecule has 4 heteroatoms. The lowest BCUT2D eigenvalue weighted by Gasteiger charge is -2.35. The minimum absolute atomic E-state index is 0.189. The van der Waals surface area contributed by atoms with Gasteiger partial charge in [-0.1, -0.05) is 56.0 Å². The van der Waals surface area contributed by atoms with E-state index in [2.05, 4.69) is 73.1 Å². The monoisotopic (exact) mass is 393 g/mol. The molecule has 0 radical (unpaired) electrons. The molecule has 3 aromatic rings. The SMILES string of the molecule is Brc1ccc([C@@]2(CC3CCCC3)c3ccccc3-c3nccn32)cn1. The number of pyridine rings is 1. The molecular formula is C21H20BrN3. The van der Waals surface area contributed by atoms with Crippen LogP contribution < -0.4 is 0 Å². The summed E-state index contributed by atoms with van der Waals surface area (Å²) in [6.45, 7) is 0. The van der Waals surface area contributed by atoms with Crippen LogP contribution in [-0.2, 0) is 5.54 Å². The smallest absolute Gasteiger partial charge is 0.141 e. The molecule has 25 heavy (non-hydrogen) atoms. The van der Waals surface area contributed by atoms with Gasteiger partial charge in [-0.3, -0.25) is 0 Å². The molecule has 0 saturated heterocycles. The quantitative estimate of drug-likeness (QED) is 0.558. The molecular weight excluding hydrogens is 374 g/mol. The number of rotatable bonds is 3. The molecule has 5 rings (SSSR count). The first-order valence-corrected chi connectivity index (χ1v) is 9.84. The normalized spacial score (nSPS) is 22.1. The van der Waals surface area contributed by atoms with Gasteiger partial charge < -0.3 is 4.57 Å². The highest BCUT2D eigenvalue weighted by Crippen LogP contribution is 2.51. The molecule has 1 fully saturated rings. The molecule has 3 heterocycles. The van der Waals surface area contributed by atoms with Crippen LogP contribution >= 0.6 is 15.9 Å². The van der Waals surface area contributed by atoms with Crippen molar-refractivity contribution in [1.82, 2.24) is 14.5 Å². The van der Waals surface area contributed by atoms with Crippen molar-refractivity contribution < 1.29 is 0 Å². The summed E-state index contributed by atoms with van der Waals surface area (Å²) in [6.07, 6.45) is 12.6. The van der Waals surface area contributed by atoms with E-state index in [4.69, 9.17) is 0 Å². The summed E-state index contributed by atoms with van der Waals surface area (Å²) in [5, 5.41) is 0. The first kappa shape index (κ1) is 15.3. The number of fused-ring (bicyclic) bond motifs is 3. The van der Waals surface area contributed by atoms with Gasteiger partial charge in [0, 0.05) is 29.7 Å². The van der Waals surface area contributed by atoms with Crippen LogP contribution in [0.2, 0.25) is 0 Å². The number of hydrogen-bond acceptors (Lipinski definition) is 2. The van der Waals surface area contributed by atoms with Crippen molar-refractivity contribution in [3.8, 4) is 11.4 Å². The van der Waals surface area contributed by atoms with E-state index in [1.165, 1.54) is 42.4 Å². The van der Waals surface area contributed by atoms with E-state index in [0.717, 1.165) is 22.8 Å². The fraction of sp³-hybridized carbons (Fsp3) is 0.333. The van der Waals surface area contributed by atoms with E-state index in [9.17, 15) is 0 Å². The lowest BCUT2D eigenvalue weighted by Crippen LogP contribution is -2.35. The Morgan fingerprint density at radius 2 is 1.92 bits per heavy atom. The van der Waals surface area contributed by atoms with Gasteiger partial charge in [-0.2, -0.15) is 0 Å². The Morgan fingerprint density at radius 3 is 2.72 bits per heavy atom. The summed E-state index contributed by atoms with van der Waals surface area (Å²) in [5.74, 6) is 1.83. The van der Waals surface area contributed by atoms with Gasteiger partial charge in [-0.25, -0.2) is 9.97 Å². The molecule has 1 aromatic carbocycles. The van der Waals surface area contributed by atoms with E-state index in [1.807, 2.05) is 12.4 Å². The maximum absolute atomic E-state index is 4.68. The van der Waals surface area contributed by atoms with Crippen LogP contribution in [0, 0.1) is 5.92 Å². The van der Waals surface area contributed by atoms with Gasteiger partial charge in [0.05, 0.1) is 5.54 Å². The summed E-state index contributed by atoms with van der Waals surface area (Å²) in [4.78, 5) is 9.24. The second-order valence-corrected chi connectivity index (χ2v) is 8.06. The highest BCUT2D eigenvalue weighted by atomic mass is 79.9. The summed E-state index contributed by atoms with van der Waals surface area (Å²) < 4.78 is 3.27. The zero-order valence-electron chi connectivity index (χ0n) is 14.0. The van der Waals surface area contributed by atoms with Gasteiger partial charge in [0.15, 0.2) is 0 Å². The Morgan fingerprint density at radius 1 is 1.08 bits per heavy atom. The van der Waals surface area contributed by atoms with Crippen LogP contribution in [0.5, 0.6) is 0 Å². The predicted octanol–water partition coefficient (Wildman–Crippen LogP) is 5.39. The van der Waals surface area contributed by atoms with E-state index < -0.39 is 0 Å². The molecule has 2 aliphatic rings. The Labute approximate surface area is 156 Å². The molecule has 1 atom stereocenters. The number of benzene rings is 1. The van der Waals surface area contributed by atoms with Gasteiger partial charge in [-0.15, -0.1) is 0 Å². The van der Waals surface area contributed by atoms with Crippen LogP contribution in [-0.4, -0.2) is 14.5 Å². The molecule has 2 aromatic heterocycles. The molecule has 1 aliphatic heterocycles. The topological polar surface area (TPSA) is 30.7 Å². The Bertz CT molecular complexity index is 909. The molecule has 0 N–H and O–H groups in total. The van der Waals surface area contributed by atoms with Crippen molar-refractivity contribution >= 4 is 15.9 Å². The maximum atomic E-state index is 4.68. The number of nitrogens with zero attached hydrogens (tertiary/aromatic N) is 3. The van der Waals surface area contributed by atoms with Gasteiger partial charge in [0.25, 0.3) is 0 Å². The van der Waals surface area contributed by atoms with Gasteiger partial charge in [-0.05, 0) is 39.9 Å². The van der Waals surface area contributed by atoms with Crippen molar-refractivity contribution in [3.05, 3.63) is 70.7 Å². The first-order chi connectivity index (χ1) is 12.3. The summed E-state index contributed by atoms with van der Waals surface area (Å²) >= 11 is 3.49. The van der Waals surface area contributed by atoms with Crippen molar-refractivity contribution in [1.29, 1.82) is 0 Å². The lowest BCUT2D eigenvalue weighted by atomic mass is 9.76. The second-order valence-electron chi connectivity index (χ2n) is 7.25. The van der Waals surface area contributed by atoms with E-state index >= 15 is 0 Å². The molecule has 0 spiro atoms. The van der Waals surface area contributed by atoms with Gasteiger partial charge in [0.2, 0.25) is 0 Å². The van der Waals surface area contributed by atoms with E-state index in [1.54, 1.807) is 0 Å². The summed E-state index contributed by atoms with van der Waals surface area (Å²) in [7, 11) is 0. The minimum Gasteiger partial charge on any atom is -0.317 e. The van der Waals surface area contributed by atoms with Crippen molar-refractivity contribution in [2.45, 2.75) is 37.6 Å². The van der Waals surface area contributed by atoms with Crippen LogP contribution in [0.25, 0.3) is 11.4 Å². The highest BCUT2D eigenvalue weighted by molar-refractivity contribution is 9.10. The second kappa shape index (κ2) is 5.80.